The van der Waals surface area contributed by atoms with E-state index in [1.807, 2.05) is 17.9 Å². The lowest BCUT2D eigenvalue weighted by atomic mass is 9.96. The van der Waals surface area contributed by atoms with Crippen molar-refractivity contribution in [3.8, 4) is 0 Å². The van der Waals surface area contributed by atoms with Crippen LogP contribution in [0.1, 0.15) is 43.0 Å². The average Bonchev–Trinajstić information content (AvgIpc) is 2.60. The molecule has 3 amide bonds. The van der Waals surface area contributed by atoms with Crippen LogP contribution in [0.3, 0.4) is 0 Å². The third-order valence-corrected chi connectivity index (χ3v) is 4.79. The smallest absolute Gasteiger partial charge is 0.270 e. The van der Waals surface area contributed by atoms with Gasteiger partial charge in [0, 0.05) is 29.9 Å². The molecule has 2 rings (SSSR count). The predicted molar refractivity (Wildman–Crippen MR) is 94.0 cm³/mol. The lowest BCUT2D eigenvalue weighted by Crippen LogP contribution is -2.48. The molecule has 0 radical (unpaired) electrons. The van der Waals surface area contributed by atoms with E-state index < -0.39 is 0 Å². The van der Waals surface area contributed by atoms with Gasteiger partial charge in [0.2, 0.25) is 11.8 Å². The van der Waals surface area contributed by atoms with Gasteiger partial charge in [0.15, 0.2) is 0 Å². The van der Waals surface area contributed by atoms with Crippen molar-refractivity contribution in [2.45, 2.75) is 32.6 Å². The Morgan fingerprint density at radius 2 is 1.83 bits per heavy atom. The summed E-state index contributed by atoms with van der Waals surface area (Å²) in [5, 5.41) is 0. The van der Waals surface area contributed by atoms with E-state index in [-0.39, 0.29) is 23.6 Å². The molecule has 6 nitrogen and oxygen atoms in total. The number of piperidine rings is 1. The van der Waals surface area contributed by atoms with Crippen LogP contribution in [0.15, 0.2) is 28.7 Å². The first-order valence-electron chi connectivity index (χ1n) is 8.15. The molecule has 24 heavy (non-hydrogen) atoms. The van der Waals surface area contributed by atoms with E-state index in [9.17, 15) is 14.4 Å². The van der Waals surface area contributed by atoms with Gasteiger partial charge < -0.3 is 4.90 Å². The molecule has 1 aliphatic rings. The number of nitrogens with zero attached hydrogens (tertiary/aromatic N) is 1. The average molecular weight is 396 g/mol. The first-order valence-corrected chi connectivity index (χ1v) is 8.94. The predicted octanol–water partition coefficient (Wildman–Crippen LogP) is 2.25. The third-order valence-electron chi connectivity index (χ3n) is 4.10. The first-order chi connectivity index (χ1) is 11.5. The number of likely N-dealkylation sites (tertiary alicyclic amines) is 1. The molecule has 0 unspecified atom stereocenters. The van der Waals surface area contributed by atoms with Gasteiger partial charge in [0.25, 0.3) is 5.91 Å². The second-order valence-corrected chi connectivity index (χ2v) is 6.68. The number of hydrogen-bond donors (Lipinski definition) is 2. The van der Waals surface area contributed by atoms with Crippen molar-refractivity contribution in [3.63, 3.8) is 0 Å². The van der Waals surface area contributed by atoms with Crippen molar-refractivity contribution >= 4 is 33.7 Å². The van der Waals surface area contributed by atoms with Gasteiger partial charge in [-0.3, -0.25) is 25.2 Å². The number of hydrazine groups is 1. The van der Waals surface area contributed by atoms with Crippen molar-refractivity contribution in [2.24, 2.45) is 5.92 Å². The number of hydrogen-bond acceptors (Lipinski definition) is 3. The molecule has 1 aliphatic heterocycles. The van der Waals surface area contributed by atoms with Gasteiger partial charge in [-0.1, -0.05) is 19.1 Å². The number of nitrogens with one attached hydrogen (secondary N) is 2. The Morgan fingerprint density at radius 3 is 2.46 bits per heavy atom. The molecule has 0 aliphatic carbocycles. The molecule has 2 N–H and O–H groups in total. The molecular formula is C17H22BrN3O3. The summed E-state index contributed by atoms with van der Waals surface area (Å²) < 4.78 is 0.666. The van der Waals surface area contributed by atoms with Crippen LogP contribution in [-0.2, 0) is 9.59 Å². The maximum Gasteiger partial charge on any atom is 0.270 e. The normalized spacial score (nSPS) is 15.0. The molecule has 1 aromatic carbocycles. The molecule has 0 spiro atoms. The van der Waals surface area contributed by atoms with Crippen molar-refractivity contribution in [2.75, 3.05) is 13.1 Å². The fourth-order valence-corrected chi connectivity index (χ4v) is 3.16. The monoisotopic (exact) mass is 395 g/mol. The van der Waals surface area contributed by atoms with E-state index in [1.165, 1.54) is 0 Å². The summed E-state index contributed by atoms with van der Waals surface area (Å²) in [5.41, 5.74) is 5.38. The lowest BCUT2D eigenvalue weighted by Gasteiger charge is -2.31. The Morgan fingerprint density at radius 1 is 1.17 bits per heavy atom. The Kier molecular flexibility index (Phi) is 6.78. The van der Waals surface area contributed by atoms with Crippen LogP contribution < -0.4 is 10.9 Å². The van der Waals surface area contributed by atoms with Crippen LogP contribution in [0.4, 0.5) is 0 Å². The Bertz CT molecular complexity index is 613. The second kappa shape index (κ2) is 8.82. The van der Waals surface area contributed by atoms with Crippen LogP contribution in [0.5, 0.6) is 0 Å². The first kappa shape index (κ1) is 18.4. The molecule has 7 heteroatoms. The molecule has 1 saturated heterocycles. The highest BCUT2D eigenvalue weighted by molar-refractivity contribution is 9.10. The fraction of sp³-hybridized carbons (Fsp3) is 0.471. The Balaban J connectivity index is 1.79. The van der Waals surface area contributed by atoms with Crippen molar-refractivity contribution < 1.29 is 14.4 Å². The minimum absolute atomic E-state index is 0.151. The zero-order chi connectivity index (χ0) is 17.5. The summed E-state index contributed by atoms with van der Waals surface area (Å²) in [6, 6.07) is 7.00. The number of halogens is 1. The molecule has 1 aromatic rings. The summed E-state index contributed by atoms with van der Waals surface area (Å²) in [6.07, 6.45) is 2.62. The number of amides is 3. The van der Waals surface area contributed by atoms with E-state index in [0.29, 0.717) is 42.4 Å². The van der Waals surface area contributed by atoms with Crippen molar-refractivity contribution in [1.82, 2.24) is 15.8 Å². The van der Waals surface area contributed by atoms with Crippen molar-refractivity contribution in [3.05, 3.63) is 34.3 Å². The quantitative estimate of drug-likeness (QED) is 0.767. The Labute approximate surface area is 150 Å². The third kappa shape index (κ3) is 4.80. The summed E-state index contributed by atoms with van der Waals surface area (Å²) in [6.45, 7) is 3.16. The molecule has 1 heterocycles. The van der Waals surface area contributed by atoms with Gasteiger partial charge in [-0.05, 0) is 47.3 Å². The van der Waals surface area contributed by atoms with E-state index in [0.717, 1.165) is 6.42 Å². The second-order valence-electron chi connectivity index (χ2n) is 5.83. The van der Waals surface area contributed by atoms with Gasteiger partial charge in [0.05, 0.1) is 5.56 Å². The van der Waals surface area contributed by atoms with Crippen LogP contribution in [0.2, 0.25) is 0 Å². The maximum absolute atomic E-state index is 12.2. The molecule has 1 fully saturated rings. The summed E-state index contributed by atoms with van der Waals surface area (Å²) >= 11 is 3.30. The highest BCUT2D eigenvalue weighted by atomic mass is 79.9. The van der Waals surface area contributed by atoms with E-state index in [2.05, 4.69) is 26.8 Å². The summed E-state index contributed by atoms with van der Waals surface area (Å²) in [7, 11) is 0. The van der Waals surface area contributed by atoms with Crippen molar-refractivity contribution in [1.29, 1.82) is 0 Å². The summed E-state index contributed by atoms with van der Waals surface area (Å²) in [4.78, 5) is 37.9. The molecule has 0 atom stereocenters. The van der Waals surface area contributed by atoms with Gasteiger partial charge in [-0.15, -0.1) is 0 Å². The van der Waals surface area contributed by atoms with E-state index >= 15 is 0 Å². The van der Waals surface area contributed by atoms with Gasteiger partial charge in [-0.2, -0.15) is 0 Å². The number of rotatable bonds is 4. The van der Waals surface area contributed by atoms with Gasteiger partial charge >= 0.3 is 0 Å². The molecule has 0 bridgehead atoms. The lowest BCUT2D eigenvalue weighted by molar-refractivity contribution is -0.135. The molecule has 0 aromatic heterocycles. The number of benzene rings is 1. The molecule has 130 valence electrons. The minimum Gasteiger partial charge on any atom is -0.343 e. The van der Waals surface area contributed by atoms with Gasteiger partial charge in [0.1, 0.15) is 0 Å². The fourth-order valence-electron chi connectivity index (χ4n) is 2.70. The molecule has 0 saturated carbocycles. The SMILES string of the molecule is CCCC(=O)N1CCC(C(=O)NNC(=O)c2ccccc2Br)CC1. The highest BCUT2D eigenvalue weighted by Crippen LogP contribution is 2.18. The van der Waals surface area contributed by atoms with E-state index in [1.54, 1.807) is 18.2 Å². The highest BCUT2D eigenvalue weighted by Gasteiger charge is 2.27. The summed E-state index contributed by atoms with van der Waals surface area (Å²) in [5.74, 6) is -0.613. The zero-order valence-electron chi connectivity index (χ0n) is 13.7. The minimum atomic E-state index is -0.369. The Hall–Kier alpha value is -1.89. The largest absolute Gasteiger partial charge is 0.343 e. The van der Waals surface area contributed by atoms with Crippen LogP contribution >= 0.6 is 15.9 Å². The maximum atomic E-state index is 12.2. The van der Waals surface area contributed by atoms with E-state index in [4.69, 9.17) is 0 Å². The topological polar surface area (TPSA) is 78.5 Å². The van der Waals surface area contributed by atoms with Gasteiger partial charge in [-0.25, -0.2) is 0 Å². The van der Waals surface area contributed by atoms with Crippen LogP contribution in [0, 0.1) is 5.92 Å². The number of carbonyl (C=O) groups is 3. The molecular weight excluding hydrogens is 374 g/mol. The van der Waals surface area contributed by atoms with Crippen LogP contribution in [-0.4, -0.2) is 35.7 Å². The van der Waals surface area contributed by atoms with Crippen LogP contribution in [0.25, 0.3) is 0 Å². The standard InChI is InChI=1S/C17H22BrN3O3/c1-2-5-15(22)21-10-8-12(9-11-21)16(23)19-20-17(24)13-6-3-4-7-14(13)18/h3-4,6-7,12H,2,5,8-11H2,1H3,(H,19,23)(H,20,24). The number of carbonyl (C=O) groups excluding carboxylic acids is 3. The zero-order valence-corrected chi connectivity index (χ0v) is 15.3.